The number of carbonyl (C=O) groups is 1. The average molecular weight is 537 g/mol. The van der Waals surface area contributed by atoms with Crippen molar-refractivity contribution in [1.29, 1.82) is 0 Å². The lowest BCUT2D eigenvalue weighted by molar-refractivity contribution is 0.0524. The zero-order valence-corrected chi connectivity index (χ0v) is 22.8. The van der Waals surface area contributed by atoms with Crippen molar-refractivity contribution in [3.8, 4) is 18.0 Å². The Bertz CT molecular complexity index is 1600. The van der Waals surface area contributed by atoms with Gasteiger partial charge in [0.05, 0.1) is 12.0 Å². The number of esters is 1. The topological polar surface area (TPSA) is 92.6 Å². The SMILES string of the molecule is C#Cc1ccc(-n2cc(C(=O)OCC)c(=O)c3cnc(Nc4ccc(CCN5CCN(C)CC5)cc4)nc32)cc1. The third kappa shape index (κ3) is 6.04. The molecule has 9 nitrogen and oxygen atoms in total. The van der Waals surface area contributed by atoms with Crippen molar-refractivity contribution in [3.05, 3.63) is 87.8 Å². The molecule has 0 saturated carbocycles. The number of carbonyl (C=O) groups excluding carboxylic acids is 1. The minimum atomic E-state index is -0.696. The number of ether oxygens (including phenoxy) is 1. The number of benzene rings is 2. The Morgan fingerprint density at radius 1 is 1.07 bits per heavy atom. The lowest BCUT2D eigenvalue weighted by Crippen LogP contribution is -2.45. The zero-order chi connectivity index (χ0) is 28.1. The van der Waals surface area contributed by atoms with Gasteiger partial charge in [-0.1, -0.05) is 18.1 Å². The molecule has 3 heterocycles. The molecule has 2 aromatic heterocycles. The molecule has 0 bridgehead atoms. The van der Waals surface area contributed by atoms with Gasteiger partial charge in [-0.15, -0.1) is 6.42 Å². The minimum absolute atomic E-state index is 0.0909. The smallest absolute Gasteiger partial charge is 0.343 e. The van der Waals surface area contributed by atoms with E-state index in [9.17, 15) is 9.59 Å². The molecule has 0 aliphatic carbocycles. The fraction of sp³-hybridized carbons (Fsp3) is 0.290. The number of hydrogen-bond acceptors (Lipinski definition) is 8. The van der Waals surface area contributed by atoms with Crippen LogP contribution in [0.5, 0.6) is 0 Å². The Hall–Kier alpha value is -4.52. The number of fused-ring (bicyclic) bond motifs is 1. The van der Waals surface area contributed by atoms with Crippen LogP contribution in [0.3, 0.4) is 0 Å². The Morgan fingerprint density at radius 3 is 2.48 bits per heavy atom. The number of pyridine rings is 1. The van der Waals surface area contributed by atoms with Gasteiger partial charge in [0.2, 0.25) is 11.4 Å². The molecule has 1 aliphatic rings. The van der Waals surface area contributed by atoms with Crippen LogP contribution < -0.4 is 10.7 Å². The molecular weight excluding hydrogens is 504 g/mol. The fourth-order valence-electron chi connectivity index (χ4n) is 4.68. The van der Waals surface area contributed by atoms with Gasteiger partial charge in [-0.2, -0.15) is 4.98 Å². The predicted octanol–water partition coefficient (Wildman–Crippen LogP) is 3.47. The number of terminal acetylenes is 1. The molecule has 1 N–H and O–H groups in total. The first-order chi connectivity index (χ1) is 19.4. The van der Waals surface area contributed by atoms with Crippen LogP contribution in [0.25, 0.3) is 16.7 Å². The molecule has 40 heavy (non-hydrogen) atoms. The van der Waals surface area contributed by atoms with Gasteiger partial charge in [0.15, 0.2) is 5.65 Å². The Kier molecular flexibility index (Phi) is 8.20. The number of nitrogens with zero attached hydrogens (tertiary/aromatic N) is 5. The van der Waals surface area contributed by atoms with Crippen LogP contribution in [0, 0.1) is 12.3 Å². The van der Waals surface area contributed by atoms with E-state index in [4.69, 9.17) is 11.2 Å². The molecule has 1 saturated heterocycles. The van der Waals surface area contributed by atoms with Crippen LogP contribution >= 0.6 is 0 Å². The van der Waals surface area contributed by atoms with Gasteiger partial charge in [-0.05, 0) is 62.4 Å². The quantitative estimate of drug-likeness (QED) is 0.270. The second kappa shape index (κ2) is 12.1. The maximum absolute atomic E-state index is 13.2. The molecule has 0 unspecified atom stereocenters. The highest BCUT2D eigenvalue weighted by Gasteiger charge is 2.19. The van der Waals surface area contributed by atoms with E-state index in [2.05, 4.69) is 50.2 Å². The van der Waals surface area contributed by atoms with Crippen molar-refractivity contribution >= 4 is 28.6 Å². The number of likely N-dealkylation sites (N-methyl/N-ethyl adjacent to an activating group) is 1. The van der Waals surface area contributed by atoms with Gasteiger partial charge in [-0.3, -0.25) is 4.79 Å². The summed E-state index contributed by atoms with van der Waals surface area (Å²) in [6.07, 6.45) is 9.40. The summed E-state index contributed by atoms with van der Waals surface area (Å²) in [5.74, 6) is 2.22. The van der Waals surface area contributed by atoms with E-state index >= 15 is 0 Å². The largest absolute Gasteiger partial charge is 0.462 e. The summed E-state index contributed by atoms with van der Waals surface area (Å²) in [5, 5.41) is 3.44. The number of rotatable bonds is 8. The summed E-state index contributed by atoms with van der Waals surface area (Å²) in [5.41, 5.74) is 3.27. The van der Waals surface area contributed by atoms with E-state index in [0.717, 1.165) is 44.8 Å². The number of piperazine rings is 1. The lowest BCUT2D eigenvalue weighted by Gasteiger charge is -2.32. The summed E-state index contributed by atoms with van der Waals surface area (Å²) >= 11 is 0. The predicted molar refractivity (Wildman–Crippen MR) is 156 cm³/mol. The molecule has 9 heteroatoms. The van der Waals surface area contributed by atoms with Crippen molar-refractivity contribution in [1.82, 2.24) is 24.3 Å². The van der Waals surface area contributed by atoms with Crippen LogP contribution in [-0.4, -0.2) is 76.7 Å². The first-order valence-electron chi connectivity index (χ1n) is 13.4. The lowest BCUT2D eigenvalue weighted by atomic mass is 10.1. The third-order valence-electron chi connectivity index (χ3n) is 7.07. The number of nitrogens with one attached hydrogen (secondary N) is 1. The molecule has 0 atom stereocenters. The van der Waals surface area contributed by atoms with Gasteiger partial charge in [-0.25, -0.2) is 9.78 Å². The van der Waals surface area contributed by atoms with Crippen molar-refractivity contribution in [2.24, 2.45) is 0 Å². The Balaban J connectivity index is 1.41. The maximum Gasteiger partial charge on any atom is 0.343 e. The van der Waals surface area contributed by atoms with Crippen molar-refractivity contribution in [2.75, 3.05) is 51.7 Å². The Morgan fingerprint density at radius 2 is 1.80 bits per heavy atom. The normalized spacial score (nSPS) is 14.1. The number of anilines is 2. The van der Waals surface area contributed by atoms with Gasteiger partial charge in [0, 0.05) is 62.1 Å². The molecule has 2 aromatic carbocycles. The van der Waals surface area contributed by atoms with Crippen LogP contribution in [0.2, 0.25) is 0 Å². The summed E-state index contributed by atoms with van der Waals surface area (Å²) in [7, 11) is 2.17. The van der Waals surface area contributed by atoms with Crippen LogP contribution in [0.1, 0.15) is 28.4 Å². The van der Waals surface area contributed by atoms with E-state index in [0.29, 0.717) is 22.8 Å². The molecular formula is C31H32N6O3. The van der Waals surface area contributed by atoms with Crippen molar-refractivity contribution in [2.45, 2.75) is 13.3 Å². The van der Waals surface area contributed by atoms with E-state index in [1.807, 2.05) is 24.3 Å². The number of aromatic nitrogens is 3. The monoisotopic (exact) mass is 536 g/mol. The average Bonchev–Trinajstić information content (AvgIpc) is 2.98. The molecule has 5 rings (SSSR count). The summed E-state index contributed by atoms with van der Waals surface area (Å²) in [4.78, 5) is 39.6. The molecule has 204 valence electrons. The second-order valence-electron chi connectivity index (χ2n) is 9.80. The highest BCUT2D eigenvalue weighted by molar-refractivity contribution is 5.93. The van der Waals surface area contributed by atoms with E-state index in [1.165, 1.54) is 18.0 Å². The molecule has 1 fully saturated rings. The molecule has 0 amide bonds. The van der Waals surface area contributed by atoms with Gasteiger partial charge in [0.25, 0.3) is 0 Å². The molecule has 4 aromatic rings. The second-order valence-corrected chi connectivity index (χ2v) is 9.80. The van der Waals surface area contributed by atoms with Crippen LogP contribution in [-0.2, 0) is 11.2 Å². The van der Waals surface area contributed by atoms with Crippen molar-refractivity contribution in [3.63, 3.8) is 0 Å². The Labute approximate surface area is 233 Å². The number of hydrogen-bond donors (Lipinski definition) is 1. The van der Waals surface area contributed by atoms with E-state index in [-0.39, 0.29) is 17.6 Å². The van der Waals surface area contributed by atoms with Gasteiger partial charge in [0.1, 0.15) is 5.56 Å². The summed E-state index contributed by atoms with van der Waals surface area (Å²) < 4.78 is 6.80. The maximum atomic E-state index is 13.2. The fourth-order valence-corrected chi connectivity index (χ4v) is 4.68. The minimum Gasteiger partial charge on any atom is -0.462 e. The third-order valence-corrected chi connectivity index (χ3v) is 7.07. The first kappa shape index (κ1) is 27.1. The molecule has 0 radical (unpaired) electrons. The van der Waals surface area contributed by atoms with E-state index in [1.54, 1.807) is 23.6 Å². The highest BCUT2D eigenvalue weighted by Crippen LogP contribution is 2.20. The summed E-state index contributed by atoms with van der Waals surface area (Å²) in [6.45, 7) is 7.33. The standard InChI is InChI=1S/C31H32N6O3/c1-4-22-8-12-25(13-9-22)37-21-27(30(39)40-5-2)28(38)26-20-32-31(34-29(26)37)33-24-10-6-23(7-11-24)14-15-36-18-16-35(3)17-19-36/h1,6-13,20-21H,5,14-19H2,2-3H3,(H,32,33,34). The summed E-state index contributed by atoms with van der Waals surface area (Å²) in [6, 6.07) is 15.4. The molecule has 1 aliphatic heterocycles. The van der Waals surface area contributed by atoms with E-state index < -0.39 is 11.4 Å². The van der Waals surface area contributed by atoms with Crippen molar-refractivity contribution < 1.29 is 9.53 Å². The van der Waals surface area contributed by atoms with Gasteiger partial charge < -0.3 is 24.4 Å². The molecule has 0 spiro atoms. The van der Waals surface area contributed by atoms with Crippen LogP contribution in [0.15, 0.2) is 65.7 Å². The highest BCUT2D eigenvalue weighted by atomic mass is 16.5. The first-order valence-corrected chi connectivity index (χ1v) is 13.4. The van der Waals surface area contributed by atoms with Crippen LogP contribution in [0.4, 0.5) is 11.6 Å². The zero-order valence-electron chi connectivity index (χ0n) is 22.8. The van der Waals surface area contributed by atoms with Gasteiger partial charge >= 0.3 is 5.97 Å².